The first kappa shape index (κ1) is 22.5. The van der Waals surface area contributed by atoms with Crippen LogP contribution in [-0.4, -0.2) is 45.6 Å². The lowest BCUT2D eigenvalue weighted by atomic mass is 10.1. The van der Waals surface area contributed by atoms with E-state index < -0.39 is 9.84 Å². The number of benzene rings is 1. The third-order valence-corrected chi connectivity index (χ3v) is 6.75. The molecule has 0 radical (unpaired) electrons. The second kappa shape index (κ2) is 10.1. The normalized spacial score (nSPS) is 20.2. The van der Waals surface area contributed by atoms with Gasteiger partial charge in [0, 0.05) is 25.7 Å². The van der Waals surface area contributed by atoms with Crippen LogP contribution < -0.4 is 15.4 Å². The van der Waals surface area contributed by atoms with Gasteiger partial charge < -0.3 is 15.4 Å². The molecule has 0 aliphatic carbocycles. The van der Waals surface area contributed by atoms with E-state index in [-0.39, 0.29) is 17.8 Å². The average molecular weight is 410 g/mol. The maximum atomic E-state index is 11.6. The Kier molecular flexibility index (Phi) is 8.16. The fourth-order valence-electron chi connectivity index (χ4n) is 3.52. The van der Waals surface area contributed by atoms with Gasteiger partial charge in [0.2, 0.25) is 0 Å². The summed E-state index contributed by atoms with van der Waals surface area (Å²) < 4.78 is 29.4. The fraction of sp³-hybridized carbons (Fsp3) is 0.667. The van der Waals surface area contributed by atoms with Gasteiger partial charge in [0.15, 0.2) is 15.8 Å². The third kappa shape index (κ3) is 7.34. The van der Waals surface area contributed by atoms with Crippen LogP contribution in [0.2, 0.25) is 0 Å². The molecule has 7 heteroatoms. The Morgan fingerprint density at radius 3 is 2.64 bits per heavy atom. The lowest BCUT2D eigenvalue weighted by Crippen LogP contribution is -2.39. The summed E-state index contributed by atoms with van der Waals surface area (Å²) in [5.74, 6) is 2.87. The van der Waals surface area contributed by atoms with Gasteiger partial charge in [-0.3, -0.25) is 4.99 Å². The van der Waals surface area contributed by atoms with Crippen molar-refractivity contribution in [1.82, 2.24) is 10.6 Å². The second-order valence-corrected chi connectivity index (χ2v) is 10.5. The highest BCUT2D eigenvalue weighted by molar-refractivity contribution is 7.91. The number of rotatable bonds is 8. The quantitative estimate of drug-likeness (QED) is 0.510. The van der Waals surface area contributed by atoms with E-state index in [0.29, 0.717) is 30.7 Å². The van der Waals surface area contributed by atoms with Crippen LogP contribution in [0.1, 0.15) is 44.7 Å². The summed E-state index contributed by atoms with van der Waals surface area (Å²) in [6.45, 7) is 9.77. The van der Waals surface area contributed by atoms with Gasteiger partial charge in [-0.15, -0.1) is 0 Å². The zero-order chi connectivity index (χ0) is 20.7. The Hall–Kier alpha value is -1.76. The summed E-state index contributed by atoms with van der Waals surface area (Å²) in [7, 11) is -1.13. The predicted molar refractivity (Wildman–Crippen MR) is 116 cm³/mol. The number of guanidine groups is 1. The van der Waals surface area contributed by atoms with Crippen molar-refractivity contribution in [3.8, 4) is 5.75 Å². The maximum absolute atomic E-state index is 11.6. The van der Waals surface area contributed by atoms with E-state index in [2.05, 4.69) is 61.5 Å². The molecule has 2 unspecified atom stereocenters. The Labute approximate surface area is 170 Å². The van der Waals surface area contributed by atoms with E-state index in [1.54, 1.807) is 7.05 Å². The first-order valence-corrected chi connectivity index (χ1v) is 11.9. The molecule has 2 N–H and O–H groups in total. The lowest BCUT2D eigenvalue weighted by Gasteiger charge is -2.20. The van der Waals surface area contributed by atoms with Crippen molar-refractivity contribution in [1.29, 1.82) is 0 Å². The molecule has 1 aliphatic rings. The van der Waals surface area contributed by atoms with Gasteiger partial charge in [-0.2, -0.15) is 0 Å². The Morgan fingerprint density at radius 2 is 2.04 bits per heavy atom. The van der Waals surface area contributed by atoms with Gasteiger partial charge in [0.1, 0.15) is 5.75 Å². The lowest BCUT2D eigenvalue weighted by molar-refractivity contribution is 0.191. The predicted octanol–water partition coefficient (Wildman–Crippen LogP) is 2.91. The molecule has 0 amide bonds. The summed E-state index contributed by atoms with van der Waals surface area (Å²) in [6.07, 6.45) is 1.88. The summed E-state index contributed by atoms with van der Waals surface area (Å²) in [4.78, 5) is 4.25. The van der Waals surface area contributed by atoms with Crippen LogP contribution in [0.4, 0.5) is 0 Å². The van der Waals surface area contributed by atoms with Gasteiger partial charge in [0.05, 0.1) is 17.6 Å². The van der Waals surface area contributed by atoms with Crippen LogP contribution in [0.25, 0.3) is 0 Å². The van der Waals surface area contributed by atoms with Crippen molar-refractivity contribution in [2.24, 2.45) is 16.8 Å². The highest BCUT2D eigenvalue weighted by atomic mass is 32.2. The van der Waals surface area contributed by atoms with Crippen LogP contribution >= 0.6 is 0 Å². The molecule has 0 aromatic heterocycles. The van der Waals surface area contributed by atoms with Crippen molar-refractivity contribution in [2.75, 3.05) is 25.1 Å². The van der Waals surface area contributed by atoms with Crippen LogP contribution in [0.15, 0.2) is 23.2 Å². The zero-order valence-corrected chi connectivity index (χ0v) is 18.6. The van der Waals surface area contributed by atoms with Gasteiger partial charge in [-0.05, 0) is 50.2 Å². The largest absolute Gasteiger partial charge is 0.490 e. The fourth-order valence-corrected chi connectivity index (χ4v) is 5.38. The Bertz CT molecular complexity index is 775. The molecule has 1 heterocycles. The van der Waals surface area contributed by atoms with E-state index in [9.17, 15) is 8.42 Å². The molecule has 28 heavy (non-hydrogen) atoms. The van der Waals surface area contributed by atoms with Crippen molar-refractivity contribution < 1.29 is 13.2 Å². The molecular formula is C21H35N3O3S. The summed E-state index contributed by atoms with van der Waals surface area (Å²) in [5, 5.41) is 6.56. The number of aliphatic imine (C=N–C) groups is 1. The average Bonchev–Trinajstić information content (AvgIpc) is 2.94. The van der Waals surface area contributed by atoms with Crippen molar-refractivity contribution in [3.63, 3.8) is 0 Å². The Balaban J connectivity index is 1.92. The van der Waals surface area contributed by atoms with Crippen LogP contribution in [0, 0.1) is 18.8 Å². The third-order valence-electron chi connectivity index (χ3n) is 4.91. The molecule has 2 rings (SSSR count). The van der Waals surface area contributed by atoms with Crippen LogP contribution in [0.3, 0.4) is 0 Å². The van der Waals surface area contributed by atoms with Gasteiger partial charge >= 0.3 is 0 Å². The SMILES string of the molecule is CN=C(NCc1ccc(C)cc1OC(C)CC(C)C)NCC1CCS(=O)(=O)C1. The summed E-state index contributed by atoms with van der Waals surface area (Å²) >= 11 is 0. The molecule has 1 aromatic rings. The number of aryl methyl sites for hydroxylation is 1. The molecule has 1 aliphatic heterocycles. The molecule has 1 fully saturated rings. The molecule has 1 aromatic carbocycles. The number of nitrogens with one attached hydrogen (secondary N) is 2. The topological polar surface area (TPSA) is 79.8 Å². The molecule has 0 bridgehead atoms. The van der Waals surface area contributed by atoms with E-state index in [0.717, 1.165) is 24.2 Å². The van der Waals surface area contributed by atoms with Crippen LogP contribution in [0.5, 0.6) is 5.75 Å². The number of hydrogen-bond donors (Lipinski definition) is 2. The summed E-state index contributed by atoms with van der Waals surface area (Å²) in [5.41, 5.74) is 2.24. The molecule has 2 atom stereocenters. The van der Waals surface area contributed by atoms with Gasteiger partial charge in [0.25, 0.3) is 0 Å². The van der Waals surface area contributed by atoms with E-state index >= 15 is 0 Å². The minimum atomic E-state index is -2.85. The second-order valence-electron chi connectivity index (χ2n) is 8.24. The minimum absolute atomic E-state index is 0.152. The molecular weight excluding hydrogens is 374 g/mol. The smallest absolute Gasteiger partial charge is 0.191 e. The first-order valence-electron chi connectivity index (χ1n) is 10.1. The summed E-state index contributed by atoms with van der Waals surface area (Å²) in [6, 6.07) is 6.24. The minimum Gasteiger partial charge on any atom is -0.490 e. The Morgan fingerprint density at radius 1 is 1.29 bits per heavy atom. The first-order chi connectivity index (χ1) is 13.2. The number of sulfone groups is 1. The number of hydrogen-bond acceptors (Lipinski definition) is 4. The van der Waals surface area contributed by atoms with E-state index in [1.165, 1.54) is 5.56 Å². The molecule has 6 nitrogen and oxygen atoms in total. The highest BCUT2D eigenvalue weighted by Gasteiger charge is 2.27. The monoisotopic (exact) mass is 409 g/mol. The molecule has 0 saturated carbocycles. The van der Waals surface area contributed by atoms with E-state index in [4.69, 9.17) is 4.74 Å². The van der Waals surface area contributed by atoms with Crippen LogP contribution in [-0.2, 0) is 16.4 Å². The highest BCUT2D eigenvalue weighted by Crippen LogP contribution is 2.23. The molecule has 1 saturated heterocycles. The standard InChI is InChI=1S/C21H35N3O3S/c1-15(2)10-17(4)27-20-11-16(3)6-7-19(20)13-24-21(22-5)23-12-18-8-9-28(25,26)14-18/h6-7,11,15,17-18H,8-10,12-14H2,1-5H3,(H2,22,23,24). The number of ether oxygens (including phenoxy) is 1. The molecule has 0 spiro atoms. The number of nitrogens with zero attached hydrogens (tertiary/aromatic N) is 1. The van der Waals surface area contributed by atoms with Gasteiger partial charge in [-0.1, -0.05) is 26.0 Å². The maximum Gasteiger partial charge on any atom is 0.191 e. The molecule has 158 valence electrons. The van der Waals surface area contributed by atoms with Gasteiger partial charge in [-0.25, -0.2) is 8.42 Å². The van der Waals surface area contributed by atoms with Crippen molar-refractivity contribution in [2.45, 2.75) is 53.2 Å². The zero-order valence-electron chi connectivity index (χ0n) is 17.8. The van der Waals surface area contributed by atoms with Crippen molar-refractivity contribution in [3.05, 3.63) is 29.3 Å². The van der Waals surface area contributed by atoms with Crippen molar-refractivity contribution >= 4 is 15.8 Å². The van der Waals surface area contributed by atoms with E-state index in [1.807, 2.05) is 0 Å².